The van der Waals surface area contributed by atoms with Crippen molar-refractivity contribution in [2.45, 2.75) is 0 Å². The monoisotopic (exact) mass is 355 g/mol. The molecule has 2 aromatic carbocycles. The fraction of sp³-hybridized carbons (Fsp3) is 0.263. The Hall–Kier alpha value is -2.44. The predicted octanol–water partition coefficient (Wildman–Crippen LogP) is 3.27. The van der Waals surface area contributed by atoms with E-state index in [1.54, 1.807) is 11.9 Å². The summed E-state index contributed by atoms with van der Waals surface area (Å²) in [5.41, 5.74) is 0.923. The van der Waals surface area contributed by atoms with Crippen LogP contribution in [0.25, 0.3) is 10.2 Å². The number of aromatic nitrogens is 1. The molecule has 5 nitrogen and oxygen atoms in total. The Morgan fingerprint density at radius 3 is 2.56 bits per heavy atom. The van der Waals surface area contributed by atoms with Crippen LogP contribution in [0.2, 0.25) is 0 Å². The molecule has 0 radical (unpaired) electrons. The van der Waals surface area contributed by atoms with Crippen LogP contribution in [0.1, 0.15) is 0 Å². The number of rotatable bonds is 7. The second kappa shape index (κ2) is 8.09. The molecule has 1 aromatic heterocycles. The van der Waals surface area contributed by atoms with Crippen LogP contribution in [0.3, 0.4) is 0 Å². The van der Waals surface area contributed by atoms with E-state index >= 15 is 0 Å². The highest BCUT2D eigenvalue weighted by Crippen LogP contribution is 2.27. The number of benzene rings is 2. The van der Waals surface area contributed by atoms with Gasteiger partial charge in [-0.3, -0.25) is 14.6 Å². The minimum atomic E-state index is 0.0151. The zero-order valence-electron chi connectivity index (χ0n) is 14.4. The van der Waals surface area contributed by atoms with Crippen molar-refractivity contribution in [1.82, 2.24) is 9.88 Å². The number of ether oxygens (including phenoxy) is 1. The molecule has 1 amide bonds. The van der Waals surface area contributed by atoms with Crippen molar-refractivity contribution in [3.05, 3.63) is 54.6 Å². The lowest BCUT2D eigenvalue weighted by atomic mass is 10.3. The molecular formula is C19H21N3O2S. The van der Waals surface area contributed by atoms with Crippen molar-refractivity contribution in [3.63, 3.8) is 0 Å². The van der Waals surface area contributed by atoms with Crippen LogP contribution >= 0.6 is 11.3 Å². The molecule has 0 aliphatic rings. The van der Waals surface area contributed by atoms with E-state index in [0.29, 0.717) is 19.7 Å². The van der Waals surface area contributed by atoms with Gasteiger partial charge in [0.25, 0.3) is 0 Å². The quantitative estimate of drug-likeness (QED) is 0.653. The van der Waals surface area contributed by atoms with Gasteiger partial charge in [0, 0.05) is 13.6 Å². The zero-order valence-corrected chi connectivity index (χ0v) is 15.2. The molecule has 130 valence electrons. The minimum absolute atomic E-state index is 0.0151. The molecule has 0 fully saturated rings. The van der Waals surface area contributed by atoms with Crippen molar-refractivity contribution < 1.29 is 9.53 Å². The molecule has 0 atom stereocenters. The Morgan fingerprint density at radius 2 is 1.80 bits per heavy atom. The van der Waals surface area contributed by atoms with Crippen molar-refractivity contribution >= 4 is 32.6 Å². The zero-order chi connectivity index (χ0) is 17.6. The van der Waals surface area contributed by atoms with Crippen molar-refractivity contribution in [1.29, 1.82) is 0 Å². The average Bonchev–Trinajstić information content (AvgIpc) is 3.06. The van der Waals surface area contributed by atoms with Crippen molar-refractivity contribution in [2.75, 3.05) is 38.7 Å². The summed E-state index contributed by atoms with van der Waals surface area (Å²) in [7, 11) is 3.69. The fourth-order valence-corrected chi connectivity index (χ4v) is 3.31. The van der Waals surface area contributed by atoms with Crippen LogP contribution in [0.5, 0.6) is 5.75 Å². The summed E-state index contributed by atoms with van der Waals surface area (Å²) in [5, 5.41) is 0.722. The highest BCUT2D eigenvalue weighted by Gasteiger charge is 2.16. The lowest BCUT2D eigenvalue weighted by Crippen LogP contribution is -2.38. The second-order valence-electron chi connectivity index (χ2n) is 5.82. The lowest BCUT2D eigenvalue weighted by Gasteiger charge is -2.20. The van der Waals surface area contributed by atoms with Crippen LogP contribution in [-0.2, 0) is 4.79 Å². The van der Waals surface area contributed by atoms with E-state index in [0.717, 1.165) is 21.1 Å². The van der Waals surface area contributed by atoms with Gasteiger partial charge >= 0.3 is 0 Å². The van der Waals surface area contributed by atoms with Crippen LogP contribution in [0.15, 0.2) is 54.6 Å². The molecular weight excluding hydrogens is 334 g/mol. The molecule has 0 N–H and O–H groups in total. The van der Waals surface area contributed by atoms with Gasteiger partial charge in [-0.1, -0.05) is 41.7 Å². The van der Waals surface area contributed by atoms with Gasteiger partial charge < -0.3 is 4.74 Å². The van der Waals surface area contributed by atoms with Crippen LogP contribution in [-0.4, -0.2) is 49.6 Å². The smallest absolute Gasteiger partial charge is 0.242 e. The van der Waals surface area contributed by atoms with Gasteiger partial charge in [0.15, 0.2) is 5.13 Å². The maximum atomic E-state index is 12.5. The standard InChI is InChI=1S/C19H21N3O2S/c1-21(12-13-24-15-8-4-3-5-9-15)14-18(23)22(2)19-20-16-10-6-7-11-17(16)25-19/h3-11H,12-14H2,1-2H3. The van der Waals surface area contributed by atoms with Crippen LogP contribution in [0, 0.1) is 0 Å². The molecule has 1 heterocycles. The molecule has 0 spiro atoms. The minimum Gasteiger partial charge on any atom is -0.492 e. The lowest BCUT2D eigenvalue weighted by molar-refractivity contribution is -0.119. The van der Waals surface area contributed by atoms with Gasteiger partial charge in [0.2, 0.25) is 5.91 Å². The second-order valence-corrected chi connectivity index (χ2v) is 6.83. The highest BCUT2D eigenvalue weighted by atomic mass is 32.1. The summed E-state index contributed by atoms with van der Waals surface area (Å²) in [4.78, 5) is 20.6. The third-order valence-electron chi connectivity index (χ3n) is 3.83. The van der Waals surface area contributed by atoms with Crippen molar-refractivity contribution in [3.8, 4) is 5.75 Å². The SMILES string of the molecule is CN(CCOc1ccccc1)CC(=O)N(C)c1nc2ccccc2s1. The first kappa shape index (κ1) is 17.4. The summed E-state index contributed by atoms with van der Waals surface area (Å²) >= 11 is 1.53. The third kappa shape index (κ3) is 4.55. The van der Waals surface area contributed by atoms with E-state index < -0.39 is 0 Å². The highest BCUT2D eigenvalue weighted by molar-refractivity contribution is 7.22. The molecule has 3 rings (SSSR count). The van der Waals surface area contributed by atoms with E-state index in [1.807, 2.05) is 66.5 Å². The summed E-state index contributed by atoms with van der Waals surface area (Å²) in [6.07, 6.45) is 0. The number of carbonyl (C=O) groups excluding carboxylic acids is 1. The number of carbonyl (C=O) groups is 1. The molecule has 0 saturated heterocycles. The summed E-state index contributed by atoms with van der Waals surface area (Å²) in [6.45, 7) is 1.54. The number of fused-ring (bicyclic) bond motifs is 1. The van der Waals surface area contributed by atoms with Crippen LogP contribution in [0.4, 0.5) is 5.13 Å². The first-order valence-corrected chi connectivity index (χ1v) is 8.93. The number of likely N-dealkylation sites (N-methyl/N-ethyl adjacent to an activating group) is 2. The van der Waals surface area contributed by atoms with Crippen LogP contribution < -0.4 is 9.64 Å². The van der Waals surface area contributed by atoms with E-state index in [4.69, 9.17) is 4.74 Å². The normalized spacial score (nSPS) is 11.0. The topological polar surface area (TPSA) is 45.7 Å². The van der Waals surface area contributed by atoms with Gasteiger partial charge in [-0.05, 0) is 31.3 Å². The number of hydrogen-bond acceptors (Lipinski definition) is 5. The Morgan fingerprint density at radius 1 is 1.08 bits per heavy atom. The van der Waals surface area contributed by atoms with Gasteiger partial charge in [-0.25, -0.2) is 4.98 Å². The Bertz CT molecular complexity index is 802. The summed E-state index contributed by atoms with van der Waals surface area (Å²) in [5.74, 6) is 0.857. The van der Waals surface area contributed by atoms with Gasteiger partial charge in [0.1, 0.15) is 12.4 Å². The van der Waals surface area contributed by atoms with Crippen molar-refractivity contribution in [2.24, 2.45) is 0 Å². The van der Waals surface area contributed by atoms with Gasteiger partial charge in [0.05, 0.1) is 16.8 Å². The van der Waals surface area contributed by atoms with Gasteiger partial charge in [-0.2, -0.15) is 0 Å². The predicted molar refractivity (Wildman–Crippen MR) is 102 cm³/mol. The molecule has 0 unspecified atom stereocenters. The molecule has 0 bridgehead atoms. The summed E-state index contributed by atoms with van der Waals surface area (Å²) < 4.78 is 6.75. The number of anilines is 1. The Kier molecular flexibility index (Phi) is 5.63. The van der Waals surface area contributed by atoms with E-state index in [9.17, 15) is 4.79 Å². The first-order chi connectivity index (χ1) is 12.1. The molecule has 3 aromatic rings. The molecule has 0 saturated carbocycles. The largest absolute Gasteiger partial charge is 0.492 e. The Balaban J connectivity index is 1.50. The average molecular weight is 355 g/mol. The first-order valence-electron chi connectivity index (χ1n) is 8.12. The fourth-order valence-electron chi connectivity index (χ4n) is 2.36. The number of para-hydroxylation sites is 2. The number of amides is 1. The molecule has 0 aliphatic carbocycles. The third-order valence-corrected chi connectivity index (χ3v) is 4.95. The molecule has 0 aliphatic heterocycles. The van der Waals surface area contributed by atoms with E-state index in [-0.39, 0.29) is 5.91 Å². The maximum Gasteiger partial charge on any atom is 0.242 e. The Labute approximate surface area is 151 Å². The number of thiazole rings is 1. The van der Waals surface area contributed by atoms with E-state index in [2.05, 4.69) is 4.98 Å². The summed E-state index contributed by atoms with van der Waals surface area (Å²) in [6, 6.07) is 17.6. The maximum absolute atomic E-state index is 12.5. The van der Waals surface area contributed by atoms with Gasteiger partial charge in [-0.15, -0.1) is 0 Å². The molecule has 6 heteroatoms. The van der Waals surface area contributed by atoms with E-state index in [1.165, 1.54) is 11.3 Å². The number of nitrogens with zero attached hydrogens (tertiary/aromatic N) is 3. The molecule has 25 heavy (non-hydrogen) atoms. The number of hydrogen-bond donors (Lipinski definition) is 0.